The summed E-state index contributed by atoms with van der Waals surface area (Å²) in [6, 6.07) is 1.50. The van der Waals surface area contributed by atoms with Crippen LogP contribution in [0.2, 0.25) is 0 Å². The number of nitrogens with zero attached hydrogens (tertiary/aromatic N) is 1. The molecule has 6 heteroatoms. The first kappa shape index (κ1) is 14.6. The lowest BCUT2D eigenvalue weighted by molar-refractivity contribution is -0.142. The molecule has 1 aromatic rings. The second-order valence-electron chi connectivity index (χ2n) is 5.71. The number of nitrogens with one attached hydrogen (secondary N) is 2. The summed E-state index contributed by atoms with van der Waals surface area (Å²) in [5.41, 5.74) is -0.184. The predicted molar refractivity (Wildman–Crippen MR) is 76.0 cm³/mol. The van der Waals surface area contributed by atoms with Crippen LogP contribution >= 0.6 is 0 Å². The number of aliphatic carboxylic acids is 1. The number of carboxylic acid groups (broad SMARTS) is 1. The van der Waals surface area contributed by atoms with E-state index in [0.29, 0.717) is 18.1 Å². The van der Waals surface area contributed by atoms with E-state index >= 15 is 0 Å². The molecule has 2 rings (SSSR count). The number of hydrogen-bond donors (Lipinski definition) is 3. The van der Waals surface area contributed by atoms with Crippen LogP contribution in [0.3, 0.4) is 0 Å². The number of carbonyl (C=O) groups is 1. The molecule has 2 unspecified atom stereocenters. The molecule has 0 aromatic carbocycles. The predicted octanol–water partition coefficient (Wildman–Crippen LogP) is 1.95. The highest BCUT2D eigenvalue weighted by atomic mass is 16.4. The number of aromatic amines is 1. The second-order valence-corrected chi connectivity index (χ2v) is 5.71. The average molecular weight is 279 g/mol. The summed E-state index contributed by atoms with van der Waals surface area (Å²) in [6.45, 7) is 3.92. The van der Waals surface area contributed by atoms with E-state index in [1.54, 1.807) is 0 Å². The third-order valence-electron chi connectivity index (χ3n) is 3.68. The number of carboxylic acids is 1. The Hall–Kier alpha value is -1.85. The minimum absolute atomic E-state index is 0.0687. The maximum atomic E-state index is 11.6. The lowest BCUT2D eigenvalue weighted by Crippen LogP contribution is -2.31. The van der Waals surface area contributed by atoms with Crippen molar-refractivity contribution in [2.75, 3.05) is 5.32 Å². The molecule has 0 bridgehead atoms. The van der Waals surface area contributed by atoms with Gasteiger partial charge in [-0.1, -0.05) is 20.3 Å². The first-order valence-corrected chi connectivity index (χ1v) is 7.06. The van der Waals surface area contributed by atoms with Gasteiger partial charge in [-0.15, -0.1) is 0 Å². The van der Waals surface area contributed by atoms with E-state index in [9.17, 15) is 9.59 Å². The average Bonchev–Trinajstić information content (AvgIpc) is 2.38. The van der Waals surface area contributed by atoms with Crippen molar-refractivity contribution in [2.24, 2.45) is 5.92 Å². The van der Waals surface area contributed by atoms with Gasteiger partial charge in [0.25, 0.3) is 5.56 Å². The van der Waals surface area contributed by atoms with Gasteiger partial charge < -0.3 is 15.4 Å². The molecule has 1 heterocycles. The number of H-pyrrole nitrogens is 1. The van der Waals surface area contributed by atoms with Crippen LogP contribution in [0.25, 0.3) is 0 Å². The fourth-order valence-electron chi connectivity index (χ4n) is 2.58. The van der Waals surface area contributed by atoms with E-state index in [2.05, 4.69) is 15.3 Å². The van der Waals surface area contributed by atoms with Crippen LogP contribution in [-0.4, -0.2) is 27.1 Å². The van der Waals surface area contributed by atoms with Gasteiger partial charge in [0, 0.05) is 18.0 Å². The van der Waals surface area contributed by atoms with Crippen molar-refractivity contribution in [2.45, 2.75) is 51.5 Å². The van der Waals surface area contributed by atoms with Crippen molar-refractivity contribution in [3.05, 3.63) is 22.2 Å². The van der Waals surface area contributed by atoms with Crippen molar-refractivity contribution in [3.63, 3.8) is 0 Å². The van der Waals surface area contributed by atoms with Gasteiger partial charge in [0.2, 0.25) is 0 Å². The molecule has 0 aliphatic heterocycles. The van der Waals surface area contributed by atoms with Gasteiger partial charge in [-0.3, -0.25) is 9.59 Å². The van der Waals surface area contributed by atoms with Crippen LogP contribution < -0.4 is 10.9 Å². The van der Waals surface area contributed by atoms with Crippen LogP contribution in [0.5, 0.6) is 0 Å². The van der Waals surface area contributed by atoms with Crippen molar-refractivity contribution in [1.82, 2.24) is 9.97 Å². The standard InChI is InChI=1S/C14H21N3O3/c1-8(2)13-16-11(7-12(18)17-13)15-10-5-3-4-9(6-10)14(19)20/h7-10H,3-6H2,1-2H3,(H,19,20)(H2,15,16,17,18). The van der Waals surface area contributed by atoms with Gasteiger partial charge in [-0.05, 0) is 19.3 Å². The van der Waals surface area contributed by atoms with Crippen LogP contribution in [0.15, 0.2) is 10.9 Å². The fraction of sp³-hybridized carbons (Fsp3) is 0.643. The molecule has 0 saturated heterocycles. The first-order valence-electron chi connectivity index (χ1n) is 7.06. The third-order valence-corrected chi connectivity index (χ3v) is 3.68. The Bertz CT molecular complexity index is 539. The normalized spacial score (nSPS) is 22.8. The molecule has 20 heavy (non-hydrogen) atoms. The molecule has 0 amide bonds. The molecule has 1 aliphatic rings. The van der Waals surface area contributed by atoms with Crippen LogP contribution in [0.4, 0.5) is 5.82 Å². The second kappa shape index (κ2) is 6.07. The lowest BCUT2D eigenvalue weighted by atomic mass is 9.86. The summed E-state index contributed by atoms with van der Waals surface area (Å²) >= 11 is 0. The van der Waals surface area contributed by atoms with Crippen molar-refractivity contribution in [1.29, 1.82) is 0 Å². The largest absolute Gasteiger partial charge is 0.481 e. The monoisotopic (exact) mass is 279 g/mol. The summed E-state index contributed by atoms with van der Waals surface area (Å²) in [7, 11) is 0. The van der Waals surface area contributed by atoms with E-state index in [4.69, 9.17) is 5.11 Å². The molecular formula is C14H21N3O3. The van der Waals surface area contributed by atoms with Gasteiger partial charge >= 0.3 is 5.97 Å². The fourth-order valence-corrected chi connectivity index (χ4v) is 2.58. The van der Waals surface area contributed by atoms with Gasteiger partial charge in [-0.2, -0.15) is 0 Å². The van der Waals surface area contributed by atoms with Crippen LogP contribution in [0, 0.1) is 5.92 Å². The zero-order chi connectivity index (χ0) is 14.7. The molecule has 1 aliphatic carbocycles. The summed E-state index contributed by atoms with van der Waals surface area (Å²) in [5, 5.41) is 12.3. The zero-order valence-corrected chi connectivity index (χ0v) is 11.8. The minimum atomic E-state index is -0.738. The third kappa shape index (κ3) is 3.59. The van der Waals surface area contributed by atoms with E-state index in [1.165, 1.54) is 6.07 Å². The topological polar surface area (TPSA) is 95.1 Å². The highest BCUT2D eigenvalue weighted by Crippen LogP contribution is 2.26. The zero-order valence-electron chi connectivity index (χ0n) is 11.8. The molecule has 3 N–H and O–H groups in total. The van der Waals surface area contributed by atoms with E-state index in [1.807, 2.05) is 13.8 Å². The molecule has 1 saturated carbocycles. The van der Waals surface area contributed by atoms with Crippen molar-refractivity contribution >= 4 is 11.8 Å². The molecule has 0 radical (unpaired) electrons. The number of aromatic nitrogens is 2. The number of hydrogen-bond acceptors (Lipinski definition) is 4. The minimum Gasteiger partial charge on any atom is -0.481 e. The molecule has 0 spiro atoms. The molecular weight excluding hydrogens is 258 g/mol. The van der Waals surface area contributed by atoms with Gasteiger partial charge in [0.1, 0.15) is 11.6 Å². The highest BCUT2D eigenvalue weighted by molar-refractivity contribution is 5.70. The lowest BCUT2D eigenvalue weighted by Gasteiger charge is -2.27. The summed E-state index contributed by atoms with van der Waals surface area (Å²) in [4.78, 5) is 29.7. The first-order chi connectivity index (χ1) is 9.45. The highest BCUT2D eigenvalue weighted by Gasteiger charge is 2.27. The maximum absolute atomic E-state index is 11.6. The van der Waals surface area contributed by atoms with Crippen molar-refractivity contribution in [3.8, 4) is 0 Å². The molecule has 6 nitrogen and oxygen atoms in total. The number of rotatable bonds is 4. The van der Waals surface area contributed by atoms with E-state index in [-0.39, 0.29) is 23.4 Å². The Kier molecular flexibility index (Phi) is 4.42. The van der Waals surface area contributed by atoms with Gasteiger partial charge in [0.15, 0.2) is 0 Å². The molecule has 1 aromatic heterocycles. The van der Waals surface area contributed by atoms with Crippen LogP contribution in [-0.2, 0) is 4.79 Å². The maximum Gasteiger partial charge on any atom is 0.306 e. The molecule has 110 valence electrons. The summed E-state index contributed by atoms with van der Waals surface area (Å²) < 4.78 is 0. The summed E-state index contributed by atoms with van der Waals surface area (Å²) in [5.74, 6) is 0.285. The Labute approximate surface area is 117 Å². The smallest absolute Gasteiger partial charge is 0.306 e. The van der Waals surface area contributed by atoms with E-state index < -0.39 is 5.97 Å². The van der Waals surface area contributed by atoms with Gasteiger partial charge in [-0.25, -0.2) is 4.98 Å². The Morgan fingerprint density at radius 2 is 2.25 bits per heavy atom. The van der Waals surface area contributed by atoms with Crippen LogP contribution in [0.1, 0.15) is 51.3 Å². The Morgan fingerprint density at radius 3 is 2.90 bits per heavy atom. The Morgan fingerprint density at radius 1 is 1.50 bits per heavy atom. The number of anilines is 1. The van der Waals surface area contributed by atoms with Gasteiger partial charge in [0.05, 0.1) is 5.92 Å². The molecule has 2 atom stereocenters. The quantitative estimate of drug-likeness (QED) is 0.783. The summed E-state index contributed by atoms with van der Waals surface area (Å²) in [6.07, 6.45) is 3.11. The Balaban J connectivity index is 2.09. The van der Waals surface area contributed by atoms with Crippen molar-refractivity contribution < 1.29 is 9.90 Å². The van der Waals surface area contributed by atoms with E-state index in [0.717, 1.165) is 19.3 Å². The molecule has 1 fully saturated rings. The SMILES string of the molecule is CC(C)c1nc(NC2CCCC(C(=O)O)C2)cc(=O)[nH]1.